The Balaban J connectivity index is 2.45. The number of sulfone groups is 1. The minimum absolute atomic E-state index is 0.194. The minimum Gasteiger partial charge on any atom is -0.258 e. The van der Waals surface area contributed by atoms with Crippen LogP contribution in [0.4, 0.5) is 5.69 Å². The molecule has 0 aliphatic heterocycles. The summed E-state index contributed by atoms with van der Waals surface area (Å²) in [5, 5.41) is 11.5. The summed E-state index contributed by atoms with van der Waals surface area (Å²) in [4.78, 5) is 10.9. The lowest BCUT2D eigenvalue weighted by Crippen LogP contribution is -2.05. The van der Waals surface area contributed by atoms with Crippen molar-refractivity contribution in [1.82, 2.24) is 0 Å². The molecule has 0 bridgehead atoms. The van der Waals surface area contributed by atoms with E-state index in [-0.39, 0.29) is 10.6 Å². The van der Waals surface area contributed by atoms with Gasteiger partial charge < -0.3 is 0 Å². The second kappa shape index (κ2) is 5.50. The Labute approximate surface area is 116 Å². The van der Waals surface area contributed by atoms with Gasteiger partial charge in [0, 0.05) is 11.5 Å². The van der Waals surface area contributed by atoms with E-state index in [0.29, 0.717) is 10.1 Å². The Morgan fingerprint density at radius 3 is 2.47 bits per heavy atom. The van der Waals surface area contributed by atoms with Crippen LogP contribution in [0.3, 0.4) is 0 Å². The molecule has 5 nitrogen and oxygen atoms in total. The fourth-order valence-electron chi connectivity index (χ4n) is 2.26. The first-order valence-electron chi connectivity index (χ1n) is 6.03. The molecule has 0 atom stereocenters. The lowest BCUT2D eigenvalue weighted by molar-refractivity contribution is -0.390. The van der Waals surface area contributed by atoms with E-state index >= 15 is 0 Å². The summed E-state index contributed by atoms with van der Waals surface area (Å²) in [6.45, 7) is 0. The summed E-state index contributed by atoms with van der Waals surface area (Å²) in [7, 11) is -3.59. The van der Waals surface area contributed by atoms with Gasteiger partial charge in [0.15, 0.2) is 9.84 Å². The number of nitro groups is 1. The number of nitro benzene ring substituents is 1. The molecule has 0 unspecified atom stereocenters. The predicted molar refractivity (Wildman–Crippen MR) is 74.3 cm³/mol. The fourth-order valence-corrected chi connectivity index (χ4v) is 4.57. The third-order valence-corrected chi connectivity index (χ3v) is 5.66. The highest BCUT2D eigenvalue weighted by Gasteiger charge is 2.28. The number of thioether (sulfide) groups is 1. The smallest absolute Gasteiger partial charge is 0.258 e. The molecule has 0 radical (unpaired) electrons. The average Bonchev–Trinajstić information content (AvgIpc) is 2.80. The molecule has 7 heteroatoms. The molecule has 19 heavy (non-hydrogen) atoms. The topological polar surface area (TPSA) is 77.3 Å². The van der Waals surface area contributed by atoms with Crippen molar-refractivity contribution in [3.8, 4) is 0 Å². The molecule has 1 aliphatic rings. The number of para-hydroxylation sites is 1. The van der Waals surface area contributed by atoms with Crippen molar-refractivity contribution in [2.75, 3.05) is 6.26 Å². The van der Waals surface area contributed by atoms with Crippen LogP contribution in [-0.4, -0.2) is 24.8 Å². The molecule has 1 aromatic carbocycles. The molecular weight excluding hydrogens is 286 g/mol. The highest BCUT2D eigenvalue weighted by Crippen LogP contribution is 2.41. The first kappa shape index (κ1) is 14.3. The molecule has 1 fully saturated rings. The SMILES string of the molecule is CS(=O)(=O)c1cccc(SC2CCCC2)c1[N+](=O)[O-]. The maximum Gasteiger partial charge on any atom is 0.301 e. The average molecular weight is 301 g/mol. The number of hydrogen-bond donors (Lipinski definition) is 0. The van der Waals surface area contributed by atoms with Crippen molar-refractivity contribution in [3.63, 3.8) is 0 Å². The molecule has 0 heterocycles. The van der Waals surface area contributed by atoms with E-state index in [0.717, 1.165) is 31.9 Å². The quantitative estimate of drug-likeness (QED) is 0.631. The van der Waals surface area contributed by atoms with E-state index < -0.39 is 14.8 Å². The Hall–Kier alpha value is -1.08. The van der Waals surface area contributed by atoms with Crippen LogP contribution in [0.2, 0.25) is 0 Å². The van der Waals surface area contributed by atoms with Crippen LogP contribution in [0.5, 0.6) is 0 Å². The normalized spacial score (nSPS) is 16.7. The zero-order valence-electron chi connectivity index (χ0n) is 10.5. The first-order chi connectivity index (χ1) is 8.89. The van der Waals surface area contributed by atoms with Crippen LogP contribution >= 0.6 is 11.8 Å². The lowest BCUT2D eigenvalue weighted by atomic mass is 10.3. The van der Waals surface area contributed by atoms with Crippen molar-refractivity contribution < 1.29 is 13.3 Å². The summed E-state index contributed by atoms with van der Waals surface area (Å²) < 4.78 is 23.3. The second-order valence-corrected chi connectivity index (χ2v) is 7.98. The Morgan fingerprint density at radius 1 is 1.32 bits per heavy atom. The van der Waals surface area contributed by atoms with Gasteiger partial charge in [-0.1, -0.05) is 18.9 Å². The first-order valence-corrected chi connectivity index (χ1v) is 8.81. The highest BCUT2D eigenvalue weighted by atomic mass is 32.2. The van der Waals surface area contributed by atoms with E-state index in [1.54, 1.807) is 12.1 Å². The van der Waals surface area contributed by atoms with Crippen LogP contribution in [0.25, 0.3) is 0 Å². The Morgan fingerprint density at radius 2 is 1.95 bits per heavy atom. The standard InChI is InChI=1S/C12H15NO4S2/c1-19(16,17)11-8-4-7-10(12(11)13(14)15)18-9-5-2-3-6-9/h4,7-9H,2-3,5-6H2,1H3. The number of rotatable bonds is 4. The van der Waals surface area contributed by atoms with Gasteiger partial charge in [0.2, 0.25) is 0 Å². The van der Waals surface area contributed by atoms with Gasteiger partial charge in [-0.15, -0.1) is 11.8 Å². The number of nitrogens with zero attached hydrogens (tertiary/aromatic N) is 1. The third-order valence-electron chi connectivity index (χ3n) is 3.14. The molecule has 0 amide bonds. The van der Waals surface area contributed by atoms with E-state index in [1.165, 1.54) is 17.8 Å². The summed E-state index contributed by atoms with van der Waals surface area (Å²) in [5.74, 6) is 0. The summed E-state index contributed by atoms with van der Waals surface area (Å²) in [5.41, 5.74) is -0.276. The van der Waals surface area contributed by atoms with Gasteiger partial charge in [0.1, 0.15) is 4.90 Å². The van der Waals surface area contributed by atoms with E-state index in [2.05, 4.69) is 0 Å². The van der Waals surface area contributed by atoms with Crippen LogP contribution in [0, 0.1) is 10.1 Å². The molecular formula is C12H15NO4S2. The molecule has 0 N–H and O–H groups in total. The molecule has 1 saturated carbocycles. The van der Waals surface area contributed by atoms with Gasteiger partial charge >= 0.3 is 5.69 Å². The minimum atomic E-state index is -3.59. The largest absolute Gasteiger partial charge is 0.301 e. The molecule has 2 rings (SSSR count). The highest BCUT2D eigenvalue weighted by molar-refractivity contribution is 8.00. The van der Waals surface area contributed by atoms with Crippen molar-refractivity contribution in [2.24, 2.45) is 0 Å². The van der Waals surface area contributed by atoms with Gasteiger partial charge in [0.05, 0.1) is 9.82 Å². The molecule has 0 saturated heterocycles. The van der Waals surface area contributed by atoms with Crippen LogP contribution in [0.1, 0.15) is 25.7 Å². The summed E-state index contributed by atoms with van der Waals surface area (Å²) in [6.07, 6.45) is 5.34. The van der Waals surface area contributed by atoms with Gasteiger partial charge in [-0.25, -0.2) is 8.42 Å². The van der Waals surface area contributed by atoms with Crippen LogP contribution < -0.4 is 0 Å². The molecule has 1 aliphatic carbocycles. The summed E-state index contributed by atoms with van der Waals surface area (Å²) in [6, 6.07) is 4.50. The number of hydrogen-bond acceptors (Lipinski definition) is 5. The molecule has 1 aromatic rings. The van der Waals surface area contributed by atoms with Gasteiger partial charge in [-0.2, -0.15) is 0 Å². The Bertz CT molecular complexity index is 592. The van der Waals surface area contributed by atoms with Crippen molar-refractivity contribution >= 4 is 27.3 Å². The van der Waals surface area contributed by atoms with Gasteiger partial charge in [-0.3, -0.25) is 10.1 Å². The van der Waals surface area contributed by atoms with Crippen molar-refractivity contribution in [2.45, 2.75) is 40.7 Å². The Kier molecular flexibility index (Phi) is 4.15. The lowest BCUT2D eigenvalue weighted by Gasteiger charge is -2.10. The zero-order chi connectivity index (χ0) is 14.0. The van der Waals surface area contributed by atoms with E-state index in [4.69, 9.17) is 0 Å². The predicted octanol–water partition coefficient (Wildman–Crippen LogP) is 3.03. The zero-order valence-corrected chi connectivity index (χ0v) is 12.2. The third kappa shape index (κ3) is 3.27. The van der Waals surface area contributed by atoms with Gasteiger partial charge in [-0.05, 0) is 25.0 Å². The fraction of sp³-hybridized carbons (Fsp3) is 0.500. The second-order valence-electron chi connectivity index (χ2n) is 4.66. The number of benzene rings is 1. The molecule has 104 valence electrons. The van der Waals surface area contributed by atoms with Crippen molar-refractivity contribution in [1.29, 1.82) is 0 Å². The monoisotopic (exact) mass is 301 g/mol. The van der Waals surface area contributed by atoms with E-state index in [9.17, 15) is 18.5 Å². The van der Waals surface area contributed by atoms with Gasteiger partial charge in [0.25, 0.3) is 0 Å². The maximum absolute atomic E-state index is 11.6. The summed E-state index contributed by atoms with van der Waals surface area (Å²) >= 11 is 1.43. The van der Waals surface area contributed by atoms with Crippen LogP contribution in [0.15, 0.2) is 28.0 Å². The van der Waals surface area contributed by atoms with Crippen LogP contribution in [-0.2, 0) is 9.84 Å². The maximum atomic E-state index is 11.6. The van der Waals surface area contributed by atoms with Crippen molar-refractivity contribution in [3.05, 3.63) is 28.3 Å². The molecule has 0 aromatic heterocycles. The molecule has 0 spiro atoms. The van der Waals surface area contributed by atoms with E-state index in [1.807, 2.05) is 0 Å².